The quantitative estimate of drug-likeness (QED) is 0.174. The van der Waals surface area contributed by atoms with Crippen molar-refractivity contribution in [3.05, 3.63) is 0 Å². The van der Waals surface area contributed by atoms with E-state index in [1.807, 2.05) is 7.05 Å². The highest BCUT2D eigenvalue weighted by molar-refractivity contribution is 4.91. The fourth-order valence-corrected chi connectivity index (χ4v) is 4.06. The van der Waals surface area contributed by atoms with E-state index in [1.54, 1.807) is 0 Å². The van der Waals surface area contributed by atoms with Crippen LogP contribution in [-0.4, -0.2) is 56.9 Å². The molecule has 0 aromatic rings. The molecule has 6 nitrogen and oxygen atoms in total. The van der Waals surface area contributed by atoms with Crippen molar-refractivity contribution in [1.82, 2.24) is 16.0 Å². The van der Waals surface area contributed by atoms with E-state index in [9.17, 15) is 0 Å². The topological polar surface area (TPSA) is 114 Å². The summed E-state index contributed by atoms with van der Waals surface area (Å²) < 4.78 is 0. The first-order valence-electron chi connectivity index (χ1n) is 11.8. The Kier molecular flexibility index (Phi) is 17.5. The second-order valence-electron chi connectivity index (χ2n) is 8.45. The van der Waals surface area contributed by atoms with Crippen LogP contribution in [0, 0.1) is 0 Å². The molecule has 4 atom stereocenters. The zero-order chi connectivity index (χ0) is 21.3. The first-order chi connectivity index (χ1) is 13.5. The van der Waals surface area contributed by atoms with Gasteiger partial charge in [0.2, 0.25) is 0 Å². The number of nitrogens with two attached hydrogens (primary N) is 3. The van der Waals surface area contributed by atoms with Gasteiger partial charge in [0.1, 0.15) is 0 Å². The summed E-state index contributed by atoms with van der Waals surface area (Å²) in [5.41, 5.74) is 18.5. The molecular weight excluding hydrogens is 348 g/mol. The number of hydrogen-bond donors (Lipinski definition) is 6. The summed E-state index contributed by atoms with van der Waals surface area (Å²) in [6, 6.07) is 1.41. The predicted molar refractivity (Wildman–Crippen MR) is 125 cm³/mol. The van der Waals surface area contributed by atoms with Crippen molar-refractivity contribution in [1.29, 1.82) is 0 Å². The Bertz CT molecular complexity index is 335. The summed E-state index contributed by atoms with van der Waals surface area (Å²) in [6.07, 6.45) is 10.9. The monoisotopic (exact) mass is 400 g/mol. The van der Waals surface area contributed by atoms with Crippen LogP contribution in [0.5, 0.6) is 0 Å². The van der Waals surface area contributed by atoms with Gasteiger partial charge < -0.3 is 33.2 Å². The van der Waals surface area contributed by atoms with Gasteiger partial charge in [-0.15, -0.1) is 0 Å². The fourth-order valence-electron chi connectivity index (χ4n) is 4.06. The minimum absolute atomic E-state index is 0.147. The molecule has 0 saturated carbocycles. The molecule has 170 valence electrons. The Morgan fingerprint density at radius 3 is 1.93 bits per heavy atom. The minimum atomic E-state index is -0.147. The molecular formula is C22H52N6. The fraction of sp³-hybridized carbons (Fsp3) is 1.00. The van der Waals surface area contributed by atoms with Gasteiger partial charge in [-0.3, -0.25) is 0 Å². The highest BCUT2D eigenvalue weighted by Gasteiger charge is 2.29. The van der Waals surface area contributed by atoms with Crippen molar-refractivity contribution in [3.8, 4) is 0 Å². The zero-order valence-corrected chi connectivity index (χ0v) is 19.4. The lowest BCUT2D eigenvalue weighted by molar-refractivity contribution is 0.252. The smallest absolute Gasteiger partial charge is 0.0170 e. The first kappa shape index (κ1) is 27.8. The van der Waals surface area contributed by atoms with Crippen LogP contribution in [-0.2, 0) is 0 Å². The van der Waals surface area contributed by atoms with Crippen molar-refractivity contribution in [3.63, 3.8) is 0 Å². The van der Waals surface area contributed by atoms with Crippen molar-refractivity contribution in [2.24, 2.45) is 17.2 Å². The van der Waals surface area contributed by atoms with Crippen LogP contribution < -0.4 is 33.2 Å². The molecule has 0 saturated heterocycles. The normalized spacial score (nSPS) is 17.2. The first-order valence-corrected chi connectivity index (χ1v) is 11.8. The van der Waals surface area contributed by atoms with Crippen molar-refractivity contribution in [2.75, 3.05) is 33.2 Å². The second kappa shape index (κ2) is 17.6. The Balaban J connectivity index is 4.98. The maximum atomic E-state index is 7.06. The van der Waals surface area contributed by atoms with Gasteiger partial charge in [0, 0.05) is 23.7 Å². The maximum absolute atomic E-state index is 7.06. The lowest BCUT2D eigenvalue weighted by Crippen LogP contribution is -2.48. The van der Waals surface area contributed by atoms with E-state index < -0.39 is 0 Å². The maximum Gasteiger partial charge on any atom is 0.0170 e. The highest BCUT2D eigenvalue weighted by Crippen LogP contribution is 2.26. The van der Waals surface area contributed by atoms with Gasteiger partial charge in [0.05, 0.1) is 0 Å². The van der Waals surface area contributed by atoms with Crippen LogP contribution in [0.25, 0.3) is 0 Å². The number of rotatable bonds is 20. The summed E-state index contributed by atoms with van der Waals surface area (Å²) in [5, 5.41) is 10.7. The molecule has 4 unspecified atom stereocenters. The molecule has 0 aromatic carbocycles. The third-order valence-electron chi connectivity index (χ3n) is 6.02. The van der Waals surface area contributed by atoms with Gasteiger partial charge >= 0.3 is 0 Å². The molecule has 9 N–H and O–H groups in total. The zero-order valence-electron chi connectivity index (χ0n) is 19.4. The number of hydrogen-bond acceptors (Lipinski definition) is 6. The third kappa shape index (κ3) is 13.1. The molecule has 0 heterocycles. The SMILES string of the molecule is CCCCNC(CC)CC(N)(CCC(CCN)NC)CCC(CCN)NCC. The lowest BCUT2D eigenvalue weighted by atomic mass is 9.80. The Labute approximate surface area is 175 Å². The van der Waals surface area contributed by atoms with Gasteiger partial charge in [0.25, 0.3) is 0 Å². The molecule has 0 amide bonds. The van der Waals surface area contributed by atoms with E-state index in [0.717, 1.165) is 77.5 Å². The van der Waals surface area contributed by atoms with E-state index in [-0.39, 0.29) is 5.54 Å². The van der Waals surface area contributed by atoms with Gasteiger partial charge in [-0.25, -0.2) is 0 Å². The molecule has 0 aromatic heterocycles. The van der Waals surface area contributed by atoms with E-state index >= 15 is 0 Å². The molecule has 28 heavy (non-hydrogen) atoms. The van der Waals surface area contributed by atoms with Gasteiger partial charge in [-0.1, -0.05) is 27.2 Å². The van der Waals surface area contributed by atoms with Crippen molar-refractivity contribution in [2.45, 2.75) is 109 Å². The lowest BCUT2D eigenvalue weighted by Gasteiger charge is -2.36. The Morgan fingerprint density at radius 2 is 1.43 bits per heavy atom. The third-order valence-corrected chi connectivity index (χ3v) is 6.02. The van der Waals surface area contributed by atoms with E-state index in [4.69, 9.17) is 17.2 Å². The molecule has 0 spiro atoms. The number of unbranched alkanes of at least 4 members (excludes halogenated alkanes) is 1. The van der Waals surface area contributed by atoms with Crippen LogP contribution in [0.15, 0.2) is 0 Å². The van der Waals surface area contributed by atoms with E-state index in [2.05, 4.69) is 36.7 Å². The van der Waals surface area contributed by atoms with Gasteiger partial charge in [-0.2, -0.15) is 0 Å². The molecule has 0 rings (SSSR count). The Morgan fingerprint density at radius 1 is 0.821 bits per heavy atom. The van der Waals surface area contributed by atoms with Gasteiger partial charge in [0.15, 0.2) is 0 Å². The second-order valence-corrected chi connectivity index (χ2v) is 8.45. The summed E-state index contributed by atoms with van der Waals surface area (Å²) in [6.45, 7) is 10.2. The Hall–Kier alpha value is -0.240. The van der Waals surface area contributed by atoms with Crippen LogP contribution in [0.1, 0.15) is 85.0 Å². The molecule has 0 aliphatic rings. The largest absolute Gasteiger partial charge is 0.330 e. The molecule has 0 aliphatic carbocycles. The molecule has 0 fully saturated rings. The number of nitrogens with one attached hydrogen (secondary N) is 3. The average Bonchev–Trinajstić information content (AvgIpc) is 2.69. The van der Waals surface area contributed by atoms with Crippen molar-refractivity contribution < 1.29 is 0 Å². The van der Waals surface area contributed by atoms with Gasteiger partial charge in [-0.05, 0) is 91.0 Å². The van der Waals surface area contributed by atoms with Crippen LogP contribution in [0.2, 0.25) is 0 Å². The van der Waals surface area contributed by atoms with Crippen LogP contribution in [0.4, 0.5) is 0 Å². The highest BCUT2D eigenvalue weighted by atomic mass is 14.9. The van der Waals surface area contributed by atoms with E-state index in [0.29, 0.717) is 18.1 Å². The van der Waals surface area contributed by atoms with E-state index in [1.165, 1.54) is 12.8 Å². The molecule has 0 aliphatic heterocycles. The summed E-state index contributed by atoms with van der Waals surface area (Å²) in [7, 11) is 2.03. The van der Waals surface area contributed by atoms with Crippen LogP contribution in [0.3, 0.4) is 0 Å². The van der Waals surface area contributed by atoms with Crippen LogP contribution >= 0.6 is 0 Å². The summed E-state index contributed by atoms with van der Waals surface area (Å²) >= 11 is 0. The minimum Gasteiger partial charge on any atom is -0.330 e. The standard InChI is InChI=1S/C22H52N6/c1-5-8-17-28-19(6-2)18-22(25,13-9-20(26-4)11-15-23)14-10-21(12-16-24)27-7-3/h19-21,26-28H,5-18,23-25H2,1-4H3. The summed E-state index contributed by atoms with van der Waals surface area (Å²) in [4.78, 5) is 0. The molecule has 0 bridgehead atoms. The summed E-state index contributed by atoms with van der Waals surface area (Å²) in [5.74, 6) is 0. The molecule has 0 radical (unpaired) electrons. The average molecular weight is 401 g/mol. The molecule has 6 heteroatoms. The van der Waals surface area contributed by atoms with Crippen molar-refractivity contribution >= 4 is 0 Å². The predicted octanol–water partition coefficient (Wildman–Crippen LogP) is 2.07.